The molecule has 0 bridgehead atoms. The molecular weight excluding hydrogens is 583 g/mol. The number of nitrogens with one attached hydrogen (secondary N) is 1. The SMILES string of the molecule is [2H]C([2H])([2H])n1ccc(CC(C(=O)Nc2ccc3nn(C)cc3c2)N2CC(=O)N(c3cc(Cl)ccc3-n3cc(Cl)nn3)CC2=O)n1. The van der Waals surface area contributed by atoms with Crippen LogP contribution in [0.1, 0.15) is 9.81 Å². The Labute approximate surface area is 253 Å². The molecule has 3 aromatic heterocycles. The van der Waals surface area contributed by atoms with Gasteiger partial charge in [-0.3, -0.25) is 28.6 Å². The van der Waals surface area contributed by atoms with Crippen molar-refractivity contribution in [3.8, 4) is 5.69 Å². The van der Waals surface area contributed by atoms with Gasteiger partial charge in [-0.25, -0.2) is 4.68 Å². The van der Waals surface area contributed by atoms with Crippen LogP contribution in [-0.4, -0.2) is 76.3 Å². The number of aryl methyl sites for hydroxylation is 2. The minimum absolute atomic E-state index is 0.126. The molecule has 0 radical (unpaired) electrons. The molecule has 1 aliphatic heterocycles. The van der Waals surface area contributed by atoms with Crippen molar-refractivity contribution in [3.63, 3.8) is 0 Å². The zero-order valence-corrected chi connectivity index (χ0v) is 23.5. The molecule has 0 aliphatic carbocycles. The number of amides is 3. The Morgan fingerprint density at radius 1 is 1.02 bits per heavy atom. The average molecular weight is 610 g/mol. The predicted molar refractivity (Wildman–Crippen MR) is 155 cm³/mol. The number of carbonyl (C=O) groups excluding carboxylic acids is 3. The maximum atomic E-state index is 13.8. The fourth-order valence-corrected chi connectivity index (χ4v) is 5.16. The minimum Gasteiger partial charge on any atom is -0.324 e. The van der Waals surface area contributed by atoms with Crippen LogP contribution in [0.25, 0.3) is 16.6 Å². The lowest BCUT2D eigenvalue weighted by Crippen LogP contribution is -2.60. The van der Waals surface area contributed by atoms with E-state index in [1.54, 1.807) is 48.3 Å². The van der Waals surface area contributed by atoms with Gasteiger partial charge < -0.3 is 10.2 Å². The molecule has 1 saturated heterocycles. The highest BCUT2D eigenvalue weighted by Crippen LogP contribution is 2.30. The quantitative estimate of drug-likeness (QED) is 0.299. The first-order valence-corrected chi connectivity index (χ1v) is 13.4. The minimum atomic E-state index is -2.53. The number of halogens is 2. The number of aromatic nitrogens is 7. The van der Waals surface area contributed by atoms with Crippen molar-refractivity contribution in [2.45, 2.75) is 12.5 Å². The lowest BCUT2D eigenvalue weighted by Gasteiger charge is -2.38. The molecule has 1 atom stereocenters. The Balaban J connectivity index is 1.30. The summed E-state index contributed by atoms with van der Waals surface area (Å²) in [4.78, 5) is 43.6. The Kier molecular flexibility index (Phi) is 6.21. The standard InChI is InChI=1S/C27H24Cl2N10O3/c1-35-8-7-19(32-35)11-23(27(42)30-18-4-5-20-16(9-18)12-36(2)33-20)38-15-25(40)37(14-26(38)41)22-10-17(28)3-6-21(22)39-13-24(29)31-34-39/h3-10,12-13,23H,11,14-15H2,1-2H3,(H,30,42)/i1D3. The highest BCUT2D eigenvalue weighted by molar-refractivity contribution is 6.31. The molecule has 5 aromatic rings. The van der Waals surface area contributed by atoms with Gasteiger partial charge in [0.05, 0.1) is 28.8 Å². The van der Waals surface area contributed by atoms with Crippen LogP contribution in [0.2, 0.25) is 10.2 Å². The van der Waals surface area contributed by atoms with Crippen LogP contribution in [0, 0.1) is 0 Å². The molecule has 1 aliphatic rings. The van der Waals surface area contributed by atoms with Crippen LogP contribution in [0.3, 0.4) is 0 Å². The van der Waals surface area contributed by atoms with Gasteiger partial charge in [0.25, 0.3) is 0 Å². The number of anilines is 2. The lowest BCUT2D eigenvalue weighted by atomic mass is 10.1. The number of rotatable bonds is 7. The largest absolute Gasteiger partial charge is 0.324 e. The number of hydrogen-bond acceptors (Lipinski definition) is 7. The molecule has 0 spiro atoms. The molecule has 2 aromatic carbocycles. The summed E-state index contributed by atoms with van der Waals surface area (Å²) in [6.07, 6.45) is 4.36. The van der Waals surface area contributed by atoms with E-state index in [9.17, 15) is 14.4 Å². The fraction of sp³-hybridized carbons (Fsp3) is 0.222. The summed E-state index contributed by atoms with van der Waals surface area (Å²) in [5.41, 5.74) is 2.13. The van der Waals surface area contributed by atoms with Crippen molar-refractivity contribution in [3.05, 3.63) is 76.9 Å². The maximum Gasteiger partial charge on any atom is 0.247 e. The van der Waals surface area contributed by atoms with Crippen LogP contribution in [0.4, 0.5) is 11.4 Å². The number of benzene rings is 2. The maximum absolute atomic E-state index is 13.8. The van der Waals surface area contributed by atoms with Crippen molar-refractivity contribution in [1.82, 2.24) is 39.5 Å². The van der Waals surface area contributed by atoms with Gasteiger partial charge in [-0.2, -0.15) is 10.2 Å². The van der Waals surface area contributed by atoms with E-state index in [1.165, 1.54) is 39.0 Å². The Morgan fingerprint density at radius 3 is 2.64 bits per heavy atom. The Hall–Kier alpha value is -4.75. The first-order valence-electron chi connectivity index (χ1n) is 14.1. The molecule has 1 N–H and O–H groups in total. The monoisotopic (exact) mass is 609 g/mol. The van der Waals surface area contributed by atoms with Crippen LogP contribution >= 0.6 is 23.2 Å². The molecule has 1 unspecified atom stereocenters. The third kappa shape index (κ3) is 5.43. The molecule has 4 heterocycles. The van der Waals surface area contributed by atoms with Gasteiger partial charge in [0.2, 0.25) is 17.7 Å². The van der Waals surface area contributed by atoms with E-state index in [-0.39, 0.29) is 17.3 Å². The third-order valence-corrected chi connectivity index (χ3v) is 7.18. The van der Waals surface area contributed by atoms with Gasteiger partial charge in [-0.15, -0.1) is 5.10 Å². The Morgan fingerprint density at radius 2 is 1.88 bits per heavy atom. The normalized spacial score (nSPS) is 15.9. The molecule has 42 heavy (non-hydrogen) atoms. The van der Waals surface area contributed by atoms with E-state index in [4.69, 9.17) is 27.3 Å². The highest BCUT2D eigenvalue weighted by atomic mass is 35.5. The van der Waals surface area contributed by atoms with Crippen molar-refractivity contribution in [2.24, 2.45) is 14.0 Å². The molecule has 214 valence electrons. The van der Waals surface area contributed by atoms with Gasteiger partial charge in [0.15, 0.2) is 5.15 Å². The number of carbonyl (C=O) groups is 3. The van der Waals surface area contributed by atoms with Crippen LogP contribution < -0.4 is 10.2 Å². The van der Waals surface area contributed by atoms with E-state index < -0.39 is 43.8 Å². The van der Waals surface area contributed by atoms with E-state index >= 15 is 0 Å². The second-order valence-electron chi connectivity index (χ2n) is 9.66. The summed E-state index contributed by atoms with van der Waals surface area (Å²) in [5, 5.41) is 20.2. The van der Waals surface area contributed by atoms with E-state index in [2.05, 4.69) is 25.8 Å². The van der Waals surface area contributed by atoms with Gasteiger partial charge in [0.1, 0.15) is 19.1 Å². The fourth-order valence-electron chi connectivity index (χ4n) is 4.87. The van der Waals surface area contributed by atoms with E-state index in [1.807, 2.05) is 0 Å². The summed E-state index contributed by atoms with van der Waals surface area (Å²) in [7, 11) is 1.78. The second-order valence-corrected chi connectivity index (χ2v) is 10.5. The topological polar surface area (TPSA) is 136 Å². The first-order chi connectivity index (χ1) is 21.4. The van der Waals surface area contributed by atoms with Gasteiger partial charge in [-0.1, -0.05) is 28.4 Å². The van der Waals surface area contributed by atoms with E-state index in [0.29, 0.717) is 22.1 Å². The lowest BCUT2D eigenvalue weighted by molar-refractivity contribution is -0.143. The van der Waals surface area contributed by atoms with Crippen molar-refractivity contribution in [2.75, 3.05) is 23.3 Å². The van der Waals surface area contributed by atoms with E-state index in [0.717, 1.165) is 15.6 Å². The van der Waals surface area contributed by atoms with Crippen molar-refractivity contribution in [1.29, 1.82) is 0 Å². The van der Waals surface area contributed by atoms with Crippen LogP contribution in [0.5, 0.6) is 0 Å². The molecular formula is C27H24Cl2N10O3. The average Bonchev–Trinajstić information content (AvgIpc) is 3.72. The van der Waals surface area contributed by atoms with Crippen LogP contribution in [-0.2, 0) is 34.8 Å². The smallest absolute Gasteiger partial charge is 0.247 e. The highest BCUT2D eigenvalue weighted by Gasteiger charge is 2.39. The number of fused-ring (bicyclic) bond motifs is 1. The molecule has 3 amide bonds. The van der Waals surface area contributed by atoms with Gasteiger partial charge in [-0.05, 0) is 42.5 Å². The zero-order valence-electron chi connectivity index (χ0n) is 25.0. The molecule has 6 rings (SSSR count). The third-order valence-electron chi connectivity index (χ3n) is 6.77. The predicted octanol–water partition coefficient (Wildman–Crippen LogP) is 2.62. The number of nitrogens with zero attached hydrogens (tertiary/aromatic N) is 9. The summed E-state index contributed by atoms with van der Waals surface area (Å²) in [6.45, 7) is -3.40. The molecule has 0 saturated carbocycles. The molecule has 1 fully saturated rings. The summed E-state index contributed by atoms with van der Waals surface area (Å²) >= 11 is 12.2. The Bertz CT molecular complexity index is 1950. The van der Waals surface area contributed by atoms with Crippen molar-refractivity contribution < 1.29 is 18.5 Å². The second kappa shape index (κ2) is 10.9. The van der Waals surface area contributed by atoms with Gasteiger partial charge >= 0.3 is 0 Å². The summed E-state index contributed by atoms with van der Waals surface area (Å²) in [6, 6.07) is 10.1. The first kappa shape index (κ1) is 23.9. The number of piperazine rings is 1. The summed E-state index contributed by atoms with van der Waals surface area (Å²) in [5.74, 6) is -1.61. The summed E-state index contributed by atoms with van der Waals surface area (Å²) < 4.78 is 26.7. The molecule has 15 heteroatoms. The van der Waals surface area contributed by atoms with Gasteiger partial charge in [0, 0.05) is 53.0 Å². The molecule has 13 nitrogen and oxygen atoms in total. The number of hydrogen-bond donors (Lipinski definition) is 1. The van der Waals surface area contributed by atoms with Crippen LogP contribution in [0.15, 0.2) is 61.1 Å². The van der Waals surface area contributed by atoms with Crippen molar-refractivity contribution >= 4 is 63.2 Å². The zero-order chi connectivity index (χ0) is 32.0.